The van der Waals surface area contributed by atoms with Crippen molar-refractivity contribution in [3.05, 3.63) is 22.4 Å². The second kappa shape index (κ2) is 5.82. The van der Waals surface area contributed by atoms with E-state index in [-0.39, 0.29) is 0 Å². The molecule has 1 aromatic heterocycles. The van der Waals surface area contributed by atoms with Gasteiger partial charge in [-0.1, -0.05) is 48.7 Å². The fraction of sp³-hybridized carbons (Fsp3) is 0.636. The molecule has 1 rings (SSSR count). The molecule has 0 saturated heterocycles. The van der Waals surface area contributed by atoms with Crippen LogP contribution in [0.15, 0.2) is 17.5 Å². The van der Waals surface area contributed by atoms with Crippen LogP contribution in [0.1, 0.15) is 31.6 Å². The molecule has 0 spiro atoms. The predicted octanol–water partition coefficient (Wildman–Crippen LogP) is 4.49. The maximum atomic E-state index is 3.79. The zero-order valence-corrected chi connectivity index (χ0v) is 10.7. The van der Waals surface area contributed by atoms with E-state index in [0.29, 0.717) is 4.83 Å². The average Bonchev–Trinajstić information content (AvgIpc) is 2.59. The van der Waals surface area contributed by atoms with Crippen molar-refractivity contribution in [2.24, 2.45) is 5.92 Å². The molecule has 2 heteroatoms. The first-order valence-electron chi connectivity index (χ1n) is 4.94. The summed E-state index contributed by atoms with van der Waals surface area (Å²) in [5, 5.41) is 2.15. The van der Waals surface area contributed by atoms with Gasteiger partial charge in [-0.15, -0.1) is 11.3 Å². The van der Waals surface area contributed by atoms with Gasteiger partial charge in [0.25, 0.3) is 0 Å². The highest BCUT2D eigenvalue weighted by Gasteiger charge is 2.15. The Labute approximate surface area is 93.5 Å². The van der Waals surface area contributed by atoms with E-state index in [9.17, 15) is 0 Å². The summed E-state index contributed by atoms with van der Waals surface area (Å²) in [6.45, 7) is 4.55. The summed E-state index contributed by atoms with van der Waals surface area (Å²) < 4.78 is 0. The van der Waals surface area contributed by atoms with Crippen molar-refractivity contribution in [3.8, 4) is 0 Å². The second-order valence-corrected chi connectivity index (χ2v) is 5.58. The van der Waals surface area contributed by atoms with Crippen LogP contribution in [0.5, 0.6) is 0 Å². The summed E-state index contributed by atoms with van der Waals surface area (Å²) in [5.74, 6) is 0.821. The first-order valence-corrected chi connectivity index (χ1v) is 6.73. The minimum Gasteiger partial charge on any atom is -0.149 e. The molecule has 0 bridgehead atoms. The Balaban J connectivity index is 2.44. The fourth-order valence-electron chi connectivity index (χ4n) is 1.59. The van der Waals surface area contributed by atoms with E-state index < -0.39 is 0 Å². The van der Waals surface area contributed by atoms with E-state index in [4.69, 9.17) is 0 Å². The van der Waals surface area contributed by atoms with Crippen LogP contribution in [0.3, 0.4) is 0 Å². The third kappa shape index (κ3) is 3.43. The summed E-state index contributed by atoms with van der Waals surface area (Å²) in [6, 6.07) is 4.36. The van der Waals surface area contributed by atoms with Gasteiger partial charge in [-0.25, -0.2) is 0 Å². The van der Waals surface area contributed by atoms with Crippen LogP contribution in [0.4, 0.5) is 0 Å². The number of alkyl halides is 1. The Kier molecular flexibility index (Phi) is 5.04. The lowest BCUT2D eigenvalue weighted by Gasteiger charge is -2.18. The summed E-state index contributed by atoms with van der Waals surface area (Å²) in [6.07, 6.45) is 3.74. The molecule has 0 aliphatic heterocycles. The second-order valence-electron chi connectivity index (χ2n) is 3.38. The molecule has 13 heavy (non-hydrogen) atoms. The first kappa shape index (κ1) is 11.3. The van der Waals surface area contributed by atoms with E-state index in [1.54, 1.807) is 0 Å². The van der Waals surface area contributed by atoms with Gasteiger partial charge in [0.2, 0.25) is 0 Å². The lowest BCUT2D eigenvalue weighted by molar-refractivity contribution is 0.476. The number of halogens is 1. The summed E-state index contributed by atoms with van der Waals surface area (Å²) in [4.78, 5) is 2.15. The number of thiophene rings is 1. The topological polar surface area (TPSA) is 0 Å². The molecular weight excluding hydrogens is 244 g/mol. The van der Waals surface area contributed by atoms with Gasteiger partial charge in [0.1, 0.15) is 0 Å². The molecule has 0 saturated carbocycles. The highest BCUT2D eigenvalue weighted by Crippen LogP contribution is 2.25. The molecule has 1 atom stereocenters. The average molecular weight is 261 g/mol. The van der Waals surface area contributed by atoms with Crippen LogP contribution in [0.25, 0.3) is 0 Å². The molecule has 1 aromatic rings. The molecular formula is C11H17BrS. The van der Waals surface area contributed by atoms with Crippen LogP contribution in [0.2, 0.25) is 0 Å². The van der Waals surface area contributed by atoms with Crippen LogP contribution < -0.4 is 0 Å². The normalized spacial score (nSPS) is 13.5. The molecule has 0 aromatic carbocycles. The molecule has 0 fully saturated rings. The van der Waals surface area contributed by atoms with Crippen molar-refractivity contribution in [3.63, 3.8) is 0 Å². The van der Waals surface area contributed by atoms with Gasteiger partial charge in [0.15, 0.2) is 0 Å². The van der Waals surface area contributed by atoms with Crippen LogP contribution in [-0.4, -0.2) is 4.83 Å². The largest absolute Gasteiger partial charge is 0.149 e. The number of rotatable bonds is 5. The quantitative estimate of drug-likeness (QED) is 0.685. The van der Waals surface area contributed by atoms with Gasteiger partial charge in [-0.2, -0.15) is 0 Å². The third-order valence-electron chi connectivity index (χ3n) is 2.54. The minimum atomic E-state index is 0.654. The number of hydrogen-bond donors (Lipinski definition) is 0. The molecule has 0 amide bonds. The smallest absolute Gasteiger partial charge is 0.0222 e. The lowest BCUT2D eigenvalue weighted by atomic mass is 9.97. The van der Waals surface area contributed by atoms with E-state index in [1.165, 1.54) is 24.1 Å². The molecule has 0 nitrogen and oxygen atoms in total. The molecule has 0 N–H and O–H groups in total. The Morgan fingerprint density at radius 3 is 2.54 bits per heavy atom. The molecule has 1 unspecified atom stereocenters. The predicted molar refractivity (Wildman–Crippen MR) is 64.8 cm³/mol. The highest BCUT2D eigenvalue weighted by molar-refractivity contribution is 9.09. The summed E-state index contributed by atoms with van der Waals surface area (Å²) in [7, 11) is 0. The maximum absolute atomic E-state index is 3.79. The molecule has 0 radical (unpaired) electrons. The van der Waals surface area contributed by atoms with Crippen LogP contribution >= 0.6 is 27.3 Å². The van der Waals surface area contributed by atoms with Gasteiger partial charge in [0, 0.05) is 9.70 Å². The van der Waals surface area contributed by atoms with Gasteiger partial charge >= 0.3 is 0 Å². The number of hydrogen-bond acceptors (Lipinski definition) is 1. The monoisotopic (exact) mass is 260 g/mol. The van der Waals surface area contributed by atoms with E-state index >= 15 is 0 Å². The molecule has 0 aliphatic carbocycles. The van der Waals surface area contributed by atoms with Crippen molar-refractivity contribution in [1.82, 2.24) is 0 Å². The van der Waals surface area contributed by atoms with E-state index in [2.05, 4.69) is 47.3 Å². The van der Waals surface area contributed by atoms with Gasteiger partial charge in [-0.3, -0.25) is 0 Å². The van der Waals surface area contributed by atoms with E-state index in [0.717, 1.165) is 5.92 Å². The van der Waals surface area contributed by atoms with Gasteiger partial charge < -0.3 is 0 Å². The Morgan fingerprint density at radius 1 is 1.38 bits per heavy atom. The summed E-state index contributed by atoms with van der Waals surface area (Å²) >= 11 is 5.65. The van der Waals surface area contributed by atoms with Gasteiger partial charge in [0.05, 0.1) is 0 Å². The Hall–Kier alpha value is 0.180. The maximum Gasteiger partial charge on any atom is 0.0222 e. The van der Waals surface area contributed by atoms with Crippen molar-refractivity contribution >= 4 is 27.3 Å². The summed E-state index contributed by atoms with van der Waals surface area (Å²) in [5.41, 5.74) is 0. The van der Waals surface area contributed by atoms with Crippen molar-refractivity contribution < 1.29 is 0 Å². The minimum absolute atomic E-state index is 0.654. The molecule has 1 heterocycles. The molecule has 0 aliphatic rings. The van der Waals surface area contributed by atoms with E-state index in [1.807, 2.05) is 11.3 Å². The van der Waals surface area contributed by atoms with Crippen molar-refractivity contribution in [2.45, 2.75) is 37.9 Å². The Bertz CT molecular complexity index is 214. The third-order valence-corrected chi connectivity index (χ3v) is 4.51. The molecule has 74 valence electrons. The van der Waals surface area contributed by atoms with Gasteiger partial charge in [-0.05, 0) is 23.8 Å². The first-order chi connectivity index (χ1) is 6.27. The van der Waals surface area contributed by atoms with Crippen molar-refractivity contribution in [2.75, 3.05) is 0 Å². The standard InChI is InChI=1S/C11H17BrS/c1-3-9(4-2)11(12)8-10-6-5-7-13-10/h5-7,9,11H,3-4,8H2,1-2H3. The lowest BCUT2D eigenvalue weighted by Crippen LogP contribution is -2.14. The Morgan fingerprint density at radius 2 is 2.08 bits per heavy atom. The SMILES string of the molecule is CCC(CC)C(Br)Cc1cccs1. The zero-order valence-electron chi connectivity index (χ0n) is 8.29. The van der Waals surface area contributed by atoms with Crippen molar-refractivity contribution in [1.29, 1.82) is 0 Å². The fourth-order valence-corrected chi connectivity index (χ4v) is 3.66. The van der Waals surface area contributed by atoms with Crippen LogP contribution in [0, 0.1) is 5.92 Å². The van der Waals surface area contributed by atoms with Crippen LogP contribution in [-0.2, 0) is 6.42 Å². The highest BCUT2D eigenvalue weighted by atomic mass is 79.9. The zero-order chi connectivity index (χ0) is 9.68.